The topological polar surface area (TPSA) is 72.8 Å². The Morgan fingerprint density at radius 2 is 1.95 bits per heavy atom. The average molecular weight is 331 g/mol. The first kappa shape index (κ1) is 15.7. The second-order valence-electron chi connectivity index (χ2n) is 3.88. The molecule has 0 aromatic heterocycles. The van der Waals surface area contributed by atoms with Crippen LogP contribution in [0.4, 0.5) is 0 Å². The van der Waals surface area contributed by atoms with E-state index in [4.69, 9.17) is 14.6 Å². The summed E-state index contributed by atoms with van der Waals surface area (Å²) >= 11 is 3.01. The predicted molar refractivity (Wildman–Crippen MR) is 72.0 cm³/mol. The number of esters is 1. The first-order valence-electron chi connectivity index (χ1n) is 5.69. The Hall–Kier alpha value is -1.40. The van der Waals surface area contributed by atoms with E-state index < -0.39 is 22.9 Å². The lowest BCUT2D eigenvalue weighted by Gasteiger charge is -2.15. The first-order valence-corrected chi connectivity index (χ1v) is 6.61. The standard InChI is InChI=1S/C13H15BrO5/c1-9(14)13(17)19-11(12(15)16)8-18-7-10-5-3-2-4-6-10/h2-6,9,11H,7-8H2,1H3,(H,15,16)/t9?,11-/m0/s1. The molecule has 0 saturated heterocycles. The molecule has 104 valence electrons. The molecule has 0 heterocycles. The van der Waals surface area contributed by atoms with E-state index in [0.29, 0.717) is 0 Å². The number of hydrogen-bond acceptors (Lipinski definition) is 4. The van der Waals surface area contributed by atoms with Gasteiger partial charge in [-0.15, -0.1) is 0 Å². The number of carbonyl (C=O) groups excluding carboxylic acids is 1. The zero-order valence-electron chi connectivity index (χ0n) is 10.4. The Morgan fingerprint density at radius 1 is 1.32 bits per heavy atom. The lowest BCUT2D eigenvalue weighted by Crippen LogP contribution is -2.33. The minimum Gasteiger partial charge on any atom is -0.478 e. The monoisotopic (exact) mass is 330 g/mol. The molecular weight excluding hydrogens is 316 g/mol. The number of carboxylic acid groups (broad SMARTS) is 1. The molecule has 0 aliphatic heterocycles. The van der Waals surface area contributed by atoms with Crippen LogP contribution in [-0.2, 0) is 25.7 Å². The number of carbonyl (C=O) groups is 2. The van der Waals surface area contributed by atoms with Crippen LogP contribution in [0.1, 0.15) is 12.5 Å². The number of aliphatic carboxylic acids is 1. The summed E-state index contributed by atoms with van der Waals surface area (Å²) in [4.78, 5) is 21.7. The molecule has 2 atom stereocenters. The van der Waals surface area contributed by atoms with E-state index in [1.54, 1.807) is 6.92 Å². The third-order valence-corrected chi connectivity index (χ3v) is 2.61. The van der Waals surface area contributed by atoms with Crippen molar-refractivity contribution in [1.82, 2.24) is 0 Å². The summed E-state index contributed by atoms with van der Waals surface area (Å²) in [5.41, 5.74) is 0.923. The molecule has 1 rings (SSSR count). The molecule has 0 aliphatic carbocycles. The molecule has 19 heavy (non-hydrogen) atoms. The van der Waals surface area contributed by atoms with Crippen LogP contribution < -0.4 is 0 Å². The van der Waals surface area contributed by atoms with Crippen LogP contribution in [0.15, 0.2) is 30.3 Å². The molecule has 1 aromatic rings. The normalized spacial score (nSPS) is 13.6. The maximum Gasteiger partial charge on any atom is 0.347 e. The zero-order valence-corrected chi connectivity index (χ0v) is 12.0. The summed E-state index contributed by atoms with van der Waals surface area (Å²) in [6.45, 7) is 1.65. The molecule has 1 unspecified atom stereocenters. The molecule has 0 aliphatic rings. The van der Waals surface area contributed by atoms with E-state index in [-0.39, 0.29) is 13.2 Å². The van der Waals surface area contributed by atoms with Gasteiger partial charge in [-0.2, -0.15) is 0 Å². The molecule has 1 aromatic carbocycles. The van der Waals surface area contributed by atoms with E-state index >= 15 is 0 Å². The van der Waals surface area contributed by atoms with E-state index in [0.717, 1.165) is 5.56 Å². The quantitative estimate of drug-likeness (QED) is 0.611. The Bertz CT molecular complexity index is 418. The fourth-order valence-electron chi connectivity index (χ4n) is 1.25. The number of ether oxygens (including phenoxy) is 2. The maximum absolute atomic E-state index is 11.3. The van der Waals surface area contributed by atoms with Gasteiger partial charge >= 0.3 is 11.9 Å². The van der Waals surface area contributed by atoms with Crippen molar-refractivity contribution in [3.63, 3.8) is 0 Å². The average Bonchev–Trinajstić information content (AvgIpc) is 2.38. The summed E-state index contributed by atoms with van der Waals surface area (Å²) in [6, 6.07) is 9.33. The van der Waals surface area contributed by atoms with Crippen molar-refractivity contribution < 1.29 is 24.2 Å². The van der Waals surface area contributed by atoms with Crippen molar-refractivity contribution in [3.05, 3.63) is 35.9 Å². The third-order valence-electron chi connectivity index (χ3n) is 2.24. The van der Waals surface area contributed by atoms with Gasteiger partial charge in [-0.1, -0.05) is 46.3 Å². The van der Waals surface area contributed by atoms with Crippen molar-refractivity contribution in [3.8, 4) is 0 Å². The van der Waals surface area contributed by atoms with Gasteiger partial charge in [0.15, 0.2) is 0 Å². The highest BCUT2D eigenvalue weighted by Crippen LogP contribution is 2.06. The fourth-order valence-corrected chi connectivity index (χ4v) is 1.36. The van der Waals surface area contributed by atoms with Crippen molar-refractivity contribution in [2.24, 2.45) is 0 Å². The van der Waals surface area contributed by atoms with Crippen LogP contribution in [0, 0.1) is 0 Å². The van der Waals surface area contributed by atoms with Gasteiger partial charge in [0.25, 0.3) is 0 Å². The number of alkyl halides is 1. The molecule has 0 spiro atoms. The van der Waals surface area contributed by atoms with Crippen molar-refractivity contribution in [2.75, 3.05) is 6.61 Å². The van der Waals surface area contributed by atoms with Gasteiger partial charge in [-0.05, 0) is 12.5 Å². The summed E-state index contributed by atoms with van der Waals surface area (Å²) < 4.78 is 10.1. The van der Waals surface area contributed by atoms with Gasteiger partial charge in [-0.3, -0.25) is 4.79 Å². The van der Waals surface area contributed by atoms with Crippen LogP contribution in [0.5, 0.6) is 0 Å². The minimum atomic E-state index is -1.30. The summed E-state index contributed by atoms with van der Waals surface area (Å²) in [6.07, 6.45) is -1.30. The molecule has 1 N–H and O–H groups in total. The van der Waals surface area contributed by atoms with Gasteiger partial charge in [-0.25, -0.2) is 4.79 Å². The van der Waals surface area contributed by atoms with Gasteiger partial charge in [0, 0.05) is 0 Å². The fraction of sp³-hybridized carbons (Fsp3) is 0.385. The van der Waals surface area contributed by atoms with Crippen LogP contribution in [-0.4, -0.2) is 34.6 Å². The molecule has 0 bridgehead atoms. The van der Waals surface area contributed by atoms with E-state index in [2.05, 4.69) is 15.9 Å². The van der Waals surface area contributed by atoms with Crippen molar-refractivity contribution in [1.29, 1.82) is 0 Å². The lowest BCUT2D eigenvalue weighted by atomic mass is 10.2. The Kier molecular flexibility index (Phi) is 6.52. The zero-order chi connectivity index (χ0) is 14.3. The number of carboxylic acids is 1. The van der Waals surface area contributed by atoms with Gasteiger partial charge < -0.3 is 14.6 Å². The van der Waals surface area contributed by atoms with Crippen molar-refractivity contribution in [2.45, 2.75) is 24.5 Å². The number of rotatable bonds is 7. The lowest BCUT2D eigenvalue weighted by molar-refractivity contribution is -0.167. The molecule has 0 fully saturated rings. The molecule has 5 nitrogen and oxygen atoms in total. The number of benzene rings is 1. The summed E-state index contributed by atoms with van der Waals surface area (Å²) in [5.74, 6) is -1.86. The number of hydrogen-bond donors (Lipinski definition) is 1. The van der Waals surface area contributed by atoms with E-state index in [1.807, 2.05) is 30.3 Å². The van der Waals surface area contributed by atoms with Crippen LogP contribution in [0.3, 0.4) is 0 Å². The van der Waals surface area contributed by atoms with Gasteiger partial charge in [0.1, 0.15) is 4.83 Å². The highest BCUT2D eigenvalue weighted by Gasteiger charge is 2.24. The first-order chi connectivity index (χ1) is 9.00. The maximum atomic E-state index is 11.3. The summed E-state index contributed by atoms with van der Waals surface area (Å²) in [5, 5.41) is 8.93. The molecule has 0 amide bonds. The largest absolute Gasteiger partial charge is 0.478 e. The van der Waals surface area contributed by atoms with Gasteiger partial charge in [0.05, 0.1) is 13.2 Å². The Balaban J connectivity index is 2.42. The minimum absolute atomic E-state index is 0.185. The Labute approximate surface area is 119 Å². The second kappa shape index (κ2) is 7.91. The number of halogens is 1. The van der Waals surface area contributed by atoms with Crippen molar-refractivity contribution >= 4 is 27.9 Å². The molecule has 0 radical (unpaired) electrons. The molecule has 6 heteroatoms. The van der Waals surface area contributed by atoms with Gasteiger partial charge in [0.2, 0.25) is 6.10 Å². The van der Waals surface area contributed by atoms with E-state index in [1.165, 1.54) is 0 Å². The SMILES string of the molecule is CC(Br)C(=O)O[C@@H](COCc1ccccc1)C(=O)O. The highest BCUT2D eigenvalue weighted by molar-refractivity contribution is 9.10. The smallest absolute Gasteiger partial charge is 0.347 e. The molecular formula is C13H15BrO5. The van der Waals surface area contributed by atoms with E-state index in [9.17, 15) is 9.59 Å². The predicted octanol–water partition coefficient (Wildman–Crippen LogP) is 1.98. The highest BCUT2D eigenvalue weighted by atomic mass is 79.9. The van der Waals surface area contributed by atoms with Crippen LogP contribution >= 0.6 is 15.9 Å². The molecule has 0 saturated carbocycles. The Morgan fingerprint density at radius 3 is 2.47 bits per heavy atom. The second-order valence-corrected chi connectivity index (χ2v) is 5.25. The summed E-state index contributed by atoms with van der Waals surface area (Å²) in [7, 11) is 0. The van der Waals surface area contributed by atoms with Crippen LogP contribution in [0.2, 0.25) is 0 Å². The van der Waals surface area contributed by atoms with Crippen LogP contribution in [0.25, 0.3) is 0 Å². The third kappa shape index (κ3) is 5.85.